The summed E-state index contributed by atoms with van der Waals surface area (Å²) in [4.78, 5) is 0. The van der Waals surface area contributed by atoms with E-state index < -0.39 is 0 Å². The largest absolute Gasteiger partial charge is 0.0795 e. The van der Waals surface area contributed by atoms with Crippen LogP contribution >= 0.6 is 0 Å². The summed E-state index contributed by atoms with van der Waals surface area (Å²) in [6.45, 7) is 8.00. The fourth-order valence-electron chi connectivity index (χ4n) is 5.56. The van der Waals surface area contributed by atoms with Crippen molar-refractivity contribution in [3.05, 3.63) is 126 Å². The Morgan fingerprint density at radius 2 is 0.919 bits per heavy atom. The molecule has 7 aromatic rings. The van der Waals surface area contributed by atoms with E-state index in [4.69, 9.17) is 0 Å². The van der Waals surface area contributed by atoms with Gasteiger partial charge in [0.15, 0.2) is 0 Å². The molecule has 0 saturated carbocycles. The Hall–Kier alpha value is -4.16. The number of fused-ring (bicyclic) bond motifs is 2. The molecule has 0 saturated heterocycles. The van der Waals surface area contributed by atoms with Crippen LogP contribution in [0.2, 0.25) is 0 Å². The SMILES string of the molecule is C1=Cc2cc3ccccc3c3cccc(c23)C1.CC.CC.c1cc2ccc3cccc4ccc(c1)c2c34. The Kier molecular flexibility index (Phi) is 7.19. The van der Waals surface area contributed by atoms with Crippen molar-refractivity contribution in [2.45, 2.75) is 34.1 Å². The third-order valence-corrected chi connectivity index (χ3v) is 7.03. The molecule has 0 fully saturated rings. The minimum atomic E-state index is 1.06. The van der Waals surface area contributed by atoms with Gasteiger partial charge in [-0.1, -0.05) is 143 Å². The van der Waals surface area contributed by atoms with Crippen molar-refractivity contribution in [1.82, 2.24) is 0 Å². The van der Waals surface area contributed by atoms with Gasteiger partial charge in [0.05, 0.1) is 0 Å². The Labute approximate surface area is 220 Å². The minimum Gasteiger partial charge on any atom is -0.0795 e. The van der Waals surface area contributed by atoms with Crippen LogP contribution < -0.4 is 0 Å². The highest BCUT2D eigenvalue weighted by Crippen LogP contribution is 2.35. The van der Waals surface area contributed by atoms with Crippen LogP contribution in [0, 0.1) is 0 Å². The standard InChI is InChI=1S/C17H12.C16H10.2C2H6/c1-2-9-15-13(5-1)11-14-8-3-6-12-7-4-10-16(15)17(12)14;1-3-11-7-9-13-5-2-6-14-10-8-12(4-1)15(11)16(13)14;2*1-2/h1-5,7-11H,6H2;1-10H;2*1-2H3. The second-order valence-corrected chi connectivity index (χ2v) is 8.92. The first-order valence-electron chi connectivity index (χ1n) is 13.6. The van der Waals surface area contributed by atoms with E-state index in [0.717, 1.165) is 6.42 Å². The molecule has 0 unspecified atom stereocenters. The number of rotatable bonds is 0. The molecule has 0 nitrogen and oxygen atoms in total. The molecule has 0 aliphatic heterocycles. The molecule has 0 radical (unpaired) electrons. The maximum Gasteiger partial charge on any atom is -0.00268 e. The molecular formula is C37H34. The zero-order valence-corrected chi connectivity index (χ0v) is 22.3. The van der Waals surface area contributed by atoms with Crippen LogP contribution in [0.3, 0.4) is 0 Å². The average molecular weight is 479 g/mol. The molecule has 0 spiro atoms. The third kappa shape index (κ3) is 4.34. The van der Waals surface area contributed by atoms with Gasteiger partial charge in [0.25, 0.3) is 0 Å². The first kappa shape index (κ1) is 24.5. The molecular weight excluding hydrogens is 444 g/mol. The third-order valence-electron chi connectivity index (χ3n) is 7.03. The Morgan fingerprint density at radius 1 is 0.432 bits per heavy atom. The summed E-state index contributed by atoms with van der Waals surface area (Å²) in [7, 11) is 0. The number of hydrogen-bond acceptors (Lipinski definition) is 0. The summed E-state index contributed by atoms with van der Waals surface area (Å²) in [5, 5.41) is 13.7. The molecule has 1 aliphatic carbocycles. The van der Waals surface area contributed by atoms with Crippen molar-refractivity contribution < 1.29 is 0 Å². The second-order valence-electron chi connectivity index (χ2n) is 8.92. The van der Waals surface area contributed by atoms with Gasteiger partial charge < -0.3 is 0 Å². The van der Waals surface area contributed by atoms with Crippen molar-refractivity contribution in [2.24, 2.45) is 0 Å². The molecule has 7 aromatic carbocycles. The smallest absolute Gasteiger partial charge is 0.00268 e. The van der Waals surface area contributed by atoms with Gasteiger partial charge in [-0.15, -0.1) is 0 Å². The first-order chi connectivity index (χ1) is 18.4. The molecule has 0 amide bonds. The Balaban J connectivity index is 0.000000134. The maximum atomic E-state index is 2.30. The van der Waals surface area contributed by atoms with Gasteiger partial charge >= 0.3 is 0 Å². The van der Waals surface area contributed by atoms with Gasteiger partial charge in [0.2, 0.25) is 0 Å². The van der Waals surface area contributed by atoms with Crippen molar-refractivity contribution in [3.63, 3.8) is 0 Å². The highest BCUT2D eigenvalue weighted by atomic mass is 14.1. The van der Waals surface area contributed by atoms with Gasteiger partial charge in [-0.2, -0.15) is 0 Å². The lowest BCUT2D eigenvalue weighted by Gasteiger charge is -2.14. The van der Waals surface area contributed by atoms with Crippen LogP contribution in [0.1, 0.15) is 38.8 Å². The van der Waals surface area contributed by atoms with E-state index in [9.17, 15) is 0 Å². The molecule has 8 rings (SSSR count). The topological polar surface area (TPSA) is 0 Å². The van der Waals surface area contributed by atoms with Gasteiger partial charge in [0.1, 0.15) is 0 Å². The normalized spacial score (nSPS) is 11.6. The van der Waals surface area contributed by atoms with Gasteiger partial charge in [-0.05, 0) is 77.5 Å². The predicted octanol–water partition coefficient (Wildman–Crippen LogP) is 11.2. The lowest BCUT2D eigenvalue weighted by molar-refractivity contribution is 1.30. The van der Waals surface area contributed by atoms with E-state index in [2.05, 4.69) is 121 Å². The van der Waals surface area contributed by atoms with Crippen molar-refractivity contribution in [3.8, 4) is 0 Å². The number of benzene rings is 7. The minimum absolute atomic E-state index is 1.06. The van der Waals surface area contributed by atoms with Crippen molar-refractivity contribution in [1.29, 1.82) is 0 Å². The quantitative estimate of drug-likeness (QED) is 0.190. The highest BCUT2D eigenvalue weighted by Gasteiger charge is 2.10. The average Bonchev–Trinajstić information content (AvgIpc) is 2.99. The van der Waals surface area contributed by atoms with E-state index in [1.165, 1.54) is 65.0 Å². The molecule has 0 heterocycles. The predicted molar refractivity (Wildman–Crippen MR) is 167 cm³/mol. The number of hydrogen-bond donors (Lipinski definition) is 0. The van der Waals surface area contributed by atoms with E-state index >= 15 is 0 Å². The van der Waals surface area contributed by atoms with E-state index in [-0.39, 0.29) is 0 Å². The molecule has 1 aliphatic rings. The fourth-order valence-corrected chi connectivity index (χ4v) is 5.56. The maximum absolute atomic E-state index is 2.30. The monoisotopic (exact) mass is 478 g/mol. The lowest BCUT2D eigenvalue weighted by Crippen LogP contribution is -1.93. The lowest BCUT2D eigenvalue weighted by atomic mass is 9.90. The zero-order chi connectivity index (χ0) is 25.8. The molecule has 0 heteroatoms. The summed E-state index contributed by atoms with van der Waals surface area (Å²) in [6.07, 6.45) is 5.57. The van der Waals surface area contributed by atoms with Gasteiger partial charge in [-0.25, -0.2) is 0 Å². The Morgan fingerprint density at radius 3 is 1.51 bits per heavy atom. The van der Waals surface area contributed by atoms with Crippen LogP contribution in [0.4, 0.5) is 0 Å². The molecule has 0 aromatic heterocycles. The first-order valence-corrected chi connectivity index (χ1v) is 13.6. The fraction of sp³-hybridized carbons (Fsp3) is 0.135. The summed E-state index contributed by atoms with van der Waals surface area (Å²) >= 11 is 0. The molecule has 37 heavy (non-hydrogen) atoms. The Bertz CT molecular complexity index is 1710. The zero-order valence-electron chi connectivity index (χ0n) is 22.3. The highest BCUT2D eigenvalue weighted by molar-refractivity contribution is 6.22. The van der Waals surface area contributed by atoms with E-state index in [0.29, 0.717) is 0 Å². The second kappa shape index (κ2) is 10.8. The van der Waals surface area contributed by atoms with E-state index in [1.54, 1.807) is 0 Å². The van der Waals surface area contributed by atoms with Crippen LogP contribution in [-0.4, -0.2) is 0 Å². The summed E-state index contributed by atoms with van der Waals surface area (Å²) in [5.41, 5.74) is 2.81. The van der Waals surface area contributed by atoms with Gasteiger partial charge in [-0.3, -0.25) is 0 Å². The van der Waals surface area contributed by atoms with Crippen LogP contribution in [0.15, 0.2) is 115 Å². The molecule has 182 valence electrons. The molecule has 0 bridgehead atoms. The summed E-state index contributed by atoms with van der Waals surface area (Å²) < 4.78 is 0. The van der Waals surface area contributed by atoms with E-state index in [1.807, 2.05) is 27.7 Å². The summed E-state index contributed by atoms with van der Waals surface area (Å²) in [6, 6.07) is 39.5. The van der Waals surface area contributed by atoms with Crippen molar-refractivity contribution in [2.75, 3.05) is 0 Å². The molecule has 0 N–H and O–H groups in total. The summed E-state index contributed by atoms with van der Waals surface area (Å²) in [5.74, 6) is 0. The van der Waals surface area contributed by atoms with Crippen LogP contribution in [-0.2, 0) is 6.42 Å². The van der Waals surface area contributed by atoms with Crippen molar-refractivity contribution >= 4 is 59.9 Å². The number of allylic oxidation sites excluding steroid dienone is 1. The van der Waals surface area contributed by atoms with Gasteiger partial charge in [0, 0.05) is 0 Å². The molecule has 0 atom stereocenters. The van der Waals surface area contributed by atoms with Crippen LogP contribution in [0.5, 0.6) is 0 Å². The van der Waals surface area contributed by atoms with Crippen LogP contribution in [0.25, 0.3) is 59.9 Å².